The molecule has 2 atom stereocenters. The summed E-state index contributed by atoms with van der Waals surface area (Å²) in [6.45, 7) is 2.16. The second kappa shape index (κ2) is 4.92. The molecule has 5 heteroatoms. The molecule has 1 heterocycles. The number of nitrogens with zero attached hydrogens (tertiary/aromatic N) is 1. The number of carboxylic acids is 1. The van der Waals surface area contributed by atoms with Crippen molar-refractivity contribution in [2.24, 2.45) is 11.8 Å². The van der Waals surface area contributed by atoms with Crippen molar-refractivity contribution in [2.45, 2.75) is 32.6 Å². The molecular weight excluding hydrogens is 234 g/mol. The molecule has 98 valence electrons. The van der Waals surface area contributed by atoms with Crippen LogP contribution < -0.4 is 5.11 Å². The van der Waals surface area contributed by atoms with E-state index in [1.54, 1.807) is 0 Å². The van der Waals surface area contributed by atoms with Crippen LogP contribution in [-0.2, 0) is 14.4 Å². The molecule has 0 radical (unpaired) electrons. The van der Waals surface area contributed by atoms with Crippen molar-refractivity contribution < 1.29 is 19.5 Å². The van der Waals surface area contributed by atoms with Gasteiger partial charge in [-0.05, 0) is 32.6 Å². The molecule has 2 amide bonds. The van der Waals surface area contributed by atoms with Crippen LogP contribution >= 0.6 is 0 Å². The minimum absolute atomic E-state index is 0.121. The number of hydrogen-bond acceptors (Lipinski definition) is 4. The van der Waals surface area contributed by atoms with Gasteiger partial charge in [0.05, 0.1) is 11.8 Å². The van der Waals surface area contributed by atoms with Crippen molar-refractivity contribution in [3.63, 3.8) is 0 Å². The van der Waals surface area contributed by atoms with Gasteiger partial charge in [0, 0.05) is 12.5 Å². The molecule has 1 saturated heterocycles. The van der Waals surface area contributed by atoms with E-state index in [9.17, 15) is 19.5 Å². The Balaban J connectivity index is 2.00. The summed E-state index contributed by atoms with van der Waals surface area (Å²) in [7, 11) is 0. The summed E-state index contributed by atoms with van der Waals surface area (Å²) in [5.74, 6) is -1.90. The van der Waals surface area contributed by atoms with Crippen LogP contribution in [0.4, 0.5) is 0 Å². The summed E-state index contributed by atoms with van der Waals surface area (Å²) in [4.78, 5) is 35.7. The molecular formula is C13H16NO4-. The molecule has 1 aliphatic heterocycles. The fourth-order valence-electron chi connectivity index (χ4n) is 2.71. The SMILES string of the molecule is CC1=CC[C@H]2C(=O)N(CCCC(=O)[O-])C(=O)[C@H]2C1. The van der Waals surface area contributed by atoms with E-state index in [2.05, 4.69) is 0 Å². The average Bonchev–Trinajstić information content (AvgIpc) is 2.53. The number of amides is 2. The highest BCUT2D eigenvalue weighted by Crippen LogP contribution is 2.37. The van der Waals surface area contributed by atoms with Gasteiger partial charge in [-0.2, -0.15) is 0 Å². The van der Waals surface area contributed by atoms with E-state index in [0.29, 0.717) is 12.8 Å². The van der Waals surface area contributed by atoms with Crippen molar-refractivity contribution >= 4 is 17.8 Å². The molecule has 1 fully saturated rings. The maximum absolute atomic E-state index is 12.1. The first-order chi connectivity index (χ1) is 8.50. The number of imide groups is 1. The molecule has 0 aromatic rings. The number of allylic oxidation sites excluding steroid dienone is 2. The lowest BCUT2D eigenvalue weighted by Gasteiger charge is -2.19. The third-order valence-electron chi connectivity index (χ3n) is 3.68. The van der Waals surface area contributed by atoms with E-state index in [1.165, 1.54) is 4.90 Å². The zero-order chi connectivity index (χ0) is 13.3. The number of fused-ring (bicyclic) bond motifs is 1. The fraction of sp³-hybridized carbons (Fsp3) is 0.615. The third-order valence-corrected chi connectivity index (χ3v) is 3.68. The smallest absolute Gasteiger partial charge is 0.233 e. The van der Waals surface area contributed by atoms with Gasteiger partial charge in [-0.1, -0.05) is 11.6 Å². The highest BCUT2D eigenvalue weighted by atomic mass is 16.4. The fourth-order valence-corrected chi connectivity index (χ4v) is 2.71. The van der Waals surface area contributed by atoms with Crippen molar-refractivity contribution in [2.75, 3.05) is 6.54 Å². The number of rotatable bonds is 4. The first kappa shape index (κ1) is 12.8. The molecule has 0 saturated carbocycles. The Morgan fingerprint density at radius 3 is 2.72 bits per heavy atom. The Hall–Kier alpha value is -1.65. The van der Waals surface area contributed by atoms with Crippen LogP contribution in [0.5, 0.6) is 0 Å². The predicted molar refractivity (Wildman–Crippen MR) is 60.9 cm³/mol. The average molecular weight is 250 g/mol. The second-order valence-corrected chi connectivity index (χ2v) is 5.01. The maximum Gasteiger partial charge on any atom is 0.233 e. The summed E-state index contributed by atoms with van der Waals surface area (Å²) in [6.07, 6.45) is 3.43. The Kier molecular flexibility index (Phi) is 3.50. The minimum atomic E-state index is -1.15. The van der Waals surface area contributed by atoms with Crippen molar-refractivity contribution in [1.29, 1.82) is 0 Å². The molecule has 0 aromatic carbocycles. The summed E-state index contributed by atoms with van der Waals surface area (Å²) in [6, 6.07) is 0. The third kappa shape index (κ3) is 2.30. The van der Waals surface area contributed by atoms with E-state index in [1.807, 2.05) is 13.0 Å². The van der Waals surface area contributed by atoms with Crippen LogP contribution in [0.25, 0.3) is 0 Å². The largest absolute Gasteiger partial charge is 0.550 e. The number of aliphatic carboxylic acids is 1. The zero-order valence-corrected chi connectivity index (χ0v) is 10.3. The van der Waals surface area contributed by atoms with Gasteiger partial charge in [0.25, 0.3) is 0 Å². The Morgan fingerprint density at radius 2 is 2.06 bits per heavy atom. The van der Waals surface area contributed by atoms with Gasteiger partial charge in [-0.15, -0.1) is 0 Å². The van der Waals surface area contributed by atoms with Gasteiger partial charge in [-0.25, -0.2) is 0 Å². The molecule has 18 heavy (non-hydrogen) atoms. The second-order valence-electron chi connectivity index (χ2n) is 5.01. The first-order valence-electron chi connectivity index (χ1n) is 6.21. The van der Waals surface area contributed by atoms with E-state index < -0.39 is 5.97 Å². The molecule has 2 aliphatic rings. The van der Waals surface area contributed by atoms with E-state index in [-0.39, 0.29) is 43.0 Å². The number of hydrogen-bond donors (Lipinski definition) is 0. The molecule has 0 spiro atoms. The van der Waals surface area contributed by atoms with Gasteiger partial charge >= 0.3 is 0 Å². The number of carbonyl (C=O) groups is 3. The highest BCUT2D eigenvalue weighted by molar-refractivity contribution is 6.05. The predicted octanol–water partition coefficient (Wildman–Crippen LogP) is -0.142. The first-order valence-corrected chi connectivity index (χ1v) is 6.21. The van der Waals surface area contributed by atoms with Crippen LogP contribution in [0, 0.1) is 11.8 Å². The molecule has 1 aliphatic carbocycles. The van der Waals surface area contributed by atoms with Crippen molar-refractivity contribution in [3.8, 4) is 0 Å². The zero-order valence-electron chi connectivity index (χ0n) is 10.3. The standard InChI is InChI=1S/C13H17NO4/c1-8-4-5-9-10(7-8)13(18)14(12(9)17)6-2-3-11(15)16/h4,9-10H,2-3,5-7H2,1H3,(H,15,16)/p-1/t9-,10+/m1/s1. The van der Waals surface area contributed by atoms with Crippen LogP contribution in [0.2, 0.25) is 0 Å². The topological polar surface area (TPSA) is 77.5 Å². The minimum Gasteiger partial charge on any atom is -0.550 e. The summed E-state index contributed by atoms with van der Waals surface area (Å²) >= 11 is 0. The number of carboxylic acid groups (broad SMARTS) is 1. The van der Waals surface area contributed by atoms with Crippen LogP contribution in [0.1, 0.15) is 32.6 Å². The van der Waals surface area contributed by atoms with E-state index in [4.69, 9.17) is 0 Å². The molecule has 2 rings (SSSR count). The summed E-state index contributed by atoms with van der Waals surface area (Å²) in [5.41, 5.74) is 1.15. The molecule has 0 aromatic heterocycles. The lowest BCUT2D eigenvalue weighted by atomic mass is 9.82. The van der Waals surface area contributed by atoms with Gasteiger partial charge in [-0.3, -0.25) is 14.5 Å². The van der Waals surface area contributed by atoms with Gasteiger partial charge in [0.1, 0.15) is 0 Å². The Morgan fingerprint density at radius 1 is 1.39 bits per heavy atom. The van der Waals surface area contributed by atoms with E-state index >= 15 is 0 Å². The van der Waals surface area contributed by atoms with Gasteiger partial charge in [0.2, 0.25) is 11.8 Å². The lowest BCUT2D eigenvalue weighted by molar-refractivity contribution is -0.305. The summed E-state index contributed by atoms with van der Waals surface area (Å²) in [5, 5.41) is 10.3. The van der Waals surface area contributed by atoms with E-state index in [0.717, 1.165) is 5.57 Å². The van der Waals surface area contributed by atoms with Crippen molar-refractivity contribution in [3.05, 3.63) is 11.6 Å². The number of likely N-dealkylation sites (tertiary alicyclic amines) is 1. The normalized spacial score (nSPS) is 27.2. The molecule has 0 unspecified atom stereocenters. The number of carbonyl (C=O) groups excluding carboxylic acids is 3. The van der Waals surface area contributed by atoms with Crippen LogP contribution in [0.3, 0.4) is 0 Å². The van der Waals surface area contributed by atoms with Crippen LogP contribution in [-0.4, -0.2) is 29.2 Å². The molecule has 0 N–H and O–H groups in total. The van der Waals surface area contributed by atoms with Crippen molar-refractivity contribution in [1.82, 2.24) is 4.90 Å². The van der Waals surface area contributed by atoms with Gasteiger partial charge in [0.15, 0.2) is 0 Å². The summed E-state index contributed by atoms with van der Waals surface area (Å²) < 4.78 is 0. The molecule has 5 nitrogen and oxygen atoms in total. The van der Waals surface area contributed by atoms with Crippen LogP contribution in [0.15, 0.2) is 11.6 Å². The molecule has 0 bridgehead atoms. The monoisotopic (exact) mass is 250 g/mol. The Bertz CT molecular complexity index is 427. The maximum atomic E-state index is 12.1. The highest BCUT2D eigenvalue weighted by Gasteiger charge is 2.47. The Labute approximate surface area is 105 Å². The van der Waals surface area contributed by atoms with Gasteiger partial charge < -0.3 is 9.90 Å². The lowest BCUT2D eigenvalue weighted by Crippen LogP contribution is -2.33. The quantitative estimate of drug-likeness (QED) is 0.514.